The molecule has 0 spiro atoms. The molecular formula is C15H17N3O. The molecule has 2 aromatic rings. The van der Waals surface area contributed by atoms with Crippen molar-refractivity contribution in [3.63, 3.8) is 0 Å². The second-order valence-corrected chi connectivity index (χ2v) is 4.43. The average molecular weight is 255 g/mol. The van der Waals surface area contributed by atoms with Gasteiger partial charge in [-0.3, -0.25) is 4.79 Å². The minimum atomic E-state index is -0.0749. The highest BCUT2D eigenvalue weighted by atomic mass is 16.1. The Hall–Kier alpha value is -2.36. The lowest BCUT2D eigenvalue weighted by Gasteiger charge is -2.16. The minimum absolute atomic E-state index is 0.0749. The SMILES string of the molecule is CN(C)c1ncccc1CNC(=O)c1ccccc1. The first kappa shape index (κ1) is 13.1. The first-order chi connectivity index (χ1) is 9.18. The van der Waals surface area contributed by atoms with Gasteiger partial charge in [-0.05, 0) is 18.2 Å². The quantitative estimate of drug-likeness (QED) is 0.909. The molecule has 0 saturated heterocycles. The molecular weight excluding hydrogens is 238 g/mol. The molecule has 1 aromatic carbocycles. The summed E-state index contributed by atoms with van der Waals surface area (Å²) in [5.74, 6) is 0.796. The van der Waals surface area contributed by atoms with Crippen molar-refractivity contribution in [2.24, 2.45) is 0 Å². The summed E-state index contributed by atoms with van der Waals surface area (Å²) in [5.41, 5.74) is 1.66. The number of pyridine rings is 1. The van der Waals surface area contributed by atoms with E-state index < -0.39 is 0 Å². The molecule has 0 aliphatic rings. The van der Waals surface area contributed by atoms with E-state index in [-0.39, 0.29) is 5.91 Å². The fraction of sp³-hybridized carbons (Fsp3) is 0.200. The van der Waals surface area contributed by atoms with Gasteiger partial charge in [-0.15, -0.1) is 0 Å². The molecule has 1 heterocycles. The largest absolute Gasteiger partial charge is 0.362 e. The average Bonchev–Trinajstić information content (AvgIpc) is 2.46. The van der Waals surface area contributed by atoms with Gasteiger partial charge >= 0.3 is 0 Å². The van der Waals surface area contributed by atoms with E-state index in [4.69, 9.17) is 0 Å². The van der Waals surface area contributed by atoms with E-state index in [1.807, 2.05) is 49.3 Å². The van der Waals surface area contributed by atoms with Crippen molar-refractivity contribution in [3.8, 4) is 0 Å². The van der Waals surface area contributed by atoms with Gasteiger partial charge in [-0.1, -0.05) is 24.3 Å². The van der Waals surface area contributed by atoms with Gasteiger partial charge < -0.3 is 10.2 Å². The van der Waals surface area contributed by atoms with Crippen LogP contribution in [0.3, 0.4) is 0 Å². The van der Waals surface area contributed by atoms with E-state index in [9.17, 15) is 4.79 Å². The number of rotatable bonds is 4. The normalized spacial score (nSPS) is 10.0. The van der Waals surface area contributed by atoms with Crippen LogP contribution in [-0.4, -0.2) is 25.0 Å². The Kier molecular flexibility index (Phi) is 4.13. The maximum absolute atomic E-state index is 12.0. The maximum atomic E-state index is 12.0. The summed E-state index contributed by atoms with van der Waals surface area (Å²) < 4.78 is 0. The number of aromatic nitrogens is 1. The topological polar surface area (TPSA) is 45.2 Å². The molecule has 98 valence electrons. The molecule has 4 heteroatoms. The number of amides is 1. The highest BCUT2D eigenvalue weighted by Crippen LogP contribution is 2.14. The number of benzene rings is 1. The number of carbonyl (C=O) groups excluding carboxylic acids is 1. The van der Waals surface area contributed by atoms with Crippen LogP contribution in [0, 0.1) is 0 Å². The van der Waals surface area contributed by atoms with Crippen molar-refractivity contribution in [3.05, 3.63) is 59.8 Å². The molecule has 0 atom stereocenters. The van der Waals surface area contributed by atoms with Gasteiger partial charge in [-0.25, -0.2) is 4.98 Å². The lowest BCUT2D eigenvalue weighted by Crippen LogP contribution is -2.24. The zero-order valence-corrected chi connectivity index (χ0v) is 11.1. The Labute approximate surface area is 113 Å². The Morgan fingerprint density at radius 3 is 2.58 bits per heavy atom. The third-order valence-corrected chi connectivity index (χ3v) is 2.77. The second kappa shape index (κ2) is 6.00. The smallest absolute Gasteiger partial charge is 0.251 e. The summed E-state index contributed by atoms with van der Waals surface area (Å²) in [5, 5.41) is 2.90. The van der Waals surface area contributed by atoms with Gasteiger partial charge in [0, 0.05) is 38.0 Å². The van der Waals surface area contributed by atoms with Crippen molar-refractivity contribution in [1.29, 1.82) is 0 Å². The molecule has 4 nitrogen and oxygen atoms in total. The molecule has 2 rings (SSSR count). The summed E-state index contributed by atoms with van der Waals surface area (Å²) in [4.78, 5) is 18.2. The van der Waals surface area contributed by atoms with Crippen LogP contribution in [-0.2, 0) is 6.54 Å². The minimum Gasteiger partial charge on any atom is -0.362 e. The number of nitrogens with zero attached hydrogens (tertiary/aromatic N) is 2. The maximum Gasteiger partial charge on any atom is 0.251 e. The third kappa shape index (κ3) is 3.31. The summed E-state index contributed by atoms with van der Waals surface area (Å²) in [6, 6.07) is 13.0. The van der Waals surface area contributed by atoms with Gasteiger partial charge in [-0.2, -0.15) is 0 Å². The Morgan fingerprint density at radius 1 is 1.16 bits per heavy atom. The molecule has 0 fully saturated rings. The highest BCUT2D eigenvalue weighted by molar-refractivity contribution is 5.94. The predicted octanol–water partition coefficient (Wildman–Crippen LogP) is 2.08. The highest BCUT2D eigenvalue weighted by Gasteiger charge is 2.08. The van der Waals surface area contributed by atoms with E-state index >= 15 is 0 Å². The second-order valence-electron chi connectivity index (χ2n) is 4.43. The lowest BCUT2D eigenvalue weighted by atomic mass is 10.2. The lowest BCUT2D eigenvalue weighted by molar-refractivity contribution is 0.0951. The Morgan fingerprint density at radius 2 is 1.89 bits per heavy atom. The van der Waals surface area contributed by atoms with E-state index in [1.54, 1.807) is 18.3 Å². The zero-order valence-electron chi connectivity index (χ0n) is 11.1. The summed E-state index contributed by atoms with van der Waals surface area (Å²) in [6.07, 6.45) is 1.75. The van der Waals surface area contributed by atoms with Gasteiger partial charge in [0.1, 0.15) is 5.82 Å². The molecule has 1 amide bonds. The monoisotopic (exact) mass is 255 g/mol. The molecule has 0 radical (unpaired) electrons. The Bertz CT molecular complexity index is 552. The van der Waals surface area contributed by atoms with E-state index in [2.05, 4.69) is 10.3 Å². The number of anilines is 1. The van der Waals surface area contributed by atoms with Crippen LogP contribution < -0.4 is 10.2 Å². The van der Waals surface area contributed by atoms with E-state index in [1.165, 1.54) is 0 Å². The van der Waals surface area contributed by atoms with Gasteiger partial charge in [0.2, 0.25) is 0 Å². The fourth-order valence-electron chi connectivity index (χ4n) is 1.84. The molecule has 0 aliphatic carbocycles. The number of carbonyl (C=O) groups is 1. The molecule has 0 aliphatic heterocycles. The summed E-state index contributed by atoms with van der Waals surface area (Å²) >= 11 is 0. The van der Waals surface area contributed by atoms with Crippen LogP contribution >= 0.6 is 0 Å². The number of hydrogen-bond donors (Lipinski definition) is 1. The number of hydrogen-bond acceptors (Lipinski definition) is 3. The molecule has 0 unspecified atom stereocenters. The number of nitrogens with one attached hydrogen (secondary N) is 1. The first-order valence-electron chi connectivity index (χ1n) is 6.13. The van der Waals surface area contributed by atoms with Crippen LogP contribution in [0.15, 0.2) is 48.7 Å². The van der Waals surface area contributed by atoms with Gasteiger partial charge in [0.15, 0.2) is 0 Å². The van der Waals surface area contributed by atoms with Crippen LogP contribution in [0.2, 0.25) is 0 Å². The van der Waals surface area contributed by atoms with Crippen molar-refractivity contribution in [1.82, 2.24) is 10.3 Å². The van der Waals surface area contributed by atoms with Crippen molar-refractivity contribution >= 4 is 11.7 Å². The van der Waals surface area contributed by atoms with Crippen LogP contribution in [0.1, 0.15) is 15.9 Å². The molecule has 19 heavy (non-hydrogen) atoms. The van der Waals surface area contributed by atoms with Crippen LogP contribution in [0.4, 0.5) is 5.82 Å². The molecule has 0 bridgehead atoms. The van der Waals surface area contributed by atoms with Crippen LogP contribution in [0.5, 0.6) is 0 Å². The Balaban J connectivity index is 2.05. The van der Waals surface area contributed by atoms with Crippen molar-refractivity contribution in [2.45, 2.75) is 6.54 Å². The van der Waals surface area contributed by atoms with E-state index in [0.717, 1.165) is 11.4 Å². The first-order valence-corrected chi connectivity index (χ1v) is 6.13. The van der Waals surface area contributed by atoms with Crippen molar-refractivity contribution < 1.29 is 4.79 Å². The van der Waals surface area contributed by atoms with Gasteiger partial charge in [0.25, 0.3) is 5.91 Å². The predicted molar refractivity (Wildman–Crippen MR) is 76.2 cm³/mol. The van der Waals surface area contributed by atoms with Crippen LogP contribution in [0.25, 0.3) is 0 Å². The van der Waals surface area contributed by atoms with E-state index in [0.29, 0.717) is 12.1 Å². The standard InChI is InChI=1S/C15H17N3O/c1-18(2)14-13(9-6-10-16-14)11-17-15(19)12-7-4-3-5-8-12/h3-10H,11H2,1-2H3,(H,17,19). The molecule has 1 N–H and O–H groups in total. The summed E-state index contributed by atoms with van der Waals surface area (Å²) in [6.45, 7) is 0.467. The summed E-state index contributed by atoms with van der Waals surface area (Å²) in [7, 11) is 3.87. The third-order valence-electron chi connectivity index (χ3n) is 2.77. The van der Waals surface area contributed by atoms with Crippen molar-refractivity contribution in [2.75, 3.05) is 19.0 Å². The molecule has 1 aromatic heterocycles. The molecule has 0 saturated carbocycles. The zero-order chi connectivity index (χ0) is 13.7. The van der Waals surface area contributed by atoms with Gasteiger partial charge in [0.05, 0.1) is 0 Å². The fourth-order valence-corrected chi connectivity index (χ4v) is 1.84.